The van der Waals surface area contributed by atoms with E-state index < -0.39 is 0 Å². The Labute approximate surface area is 169 Å². The molecule has 0 saturated carbocycles. The zero-order valence-electron chi connectivity index (χ0n) is 16.4. The fourth-order valence-electron chi connectivity index (χ4n) is 3.55. The van der Waals surface area contributed by atoms with Gasteiger partial charge in [0.1, 0.15) is 5.00 Å². The van der Waals surface area contributed by atoms with Gasteiger partial charge in [-0.25, -0.2) is 4.79 Å². The molecule has 2 aromatic rings. The Morgan fingerprint density at radius 2 is 2.19 bits per heavy atom. The maximum atomic E-state index is 12.4. The number of hydrogen-bond acceptors (Lipinski definition) is 5. The minimum atomic E-state index is -0.300. The van der Waals surface area contributed by atoms with Gasteiger partial charge in [-0.3, -0.25) is 4.68 Å². The predicted molar refractivity (Wildman–Crippen MR) is 113 cm³/mol. The van der Waals surface area contributed by atoms with Crippen LogP contribution in [0.4, 0.5) is 5.00 Å². The van der Waals surface area contributed by atoms with Gasteiger partial charge in [0.25, 0.3) is 0 Å². The van der Waals surface area contributed by atoms with Crippen molar-refractivity contribution in [1.29, 1.82) is 0 Å². The number of nitrogens with zero attached hydrogens (tertiary/aromatic N) is 2. The van der Waals surface area contributed by atoms with Crippen LogP contribution in [0.15, 0.2) is 0 Å². The molecule has 3 rings (SSSR count). The Bertz CT molecular complexity index is 885. The highest BCUT2D eigenvalue weighted by Crippen LogP contribution is 2.40. The molecule has 0 aliphatic heterocycles. The van der Waals surface area contributed by atoms with Crippen molar-refractivity contribution in [3.05, 3.63) is 33.0 Å². The lowest BCUT2D eigenvalue weighted by atomic mass is 9.88. The number of carbonyl (C=O) groups excluding carboxylic acids is 1. The van der Waals surface area contributed by atoms with Crippen molar-refractivity contribution in [2.45, 2.75) is 46.6 Å². The van der Waals surface area contributed by atoms with E-state index in [2.05, 4.69) is 22.7 Å². The topological polar surface area (TPSA) is 68.2 Å². The van der Waals surface area contributed by atoms with Crippen LogP contribution in [0.1, 0.15) is 51.1 Å². The van der Waals surface area contributed by atoms with Crippen molar-refractivity contribution in [2.24, 2.45) is 13.0 Å². The molecule has 6 nitrogen and oxygen atoms in total. The average molecular weight is 407 g/mol. The lowest BCUT2D eigenvalue weighted by molar-refractivity contribution is 0.0601. The molecule has 2 heterocycles. The van der Waals surface area contributed by atoms with Crippen LogP contribution < -0.4 is 10.6 Å². The second-order valence-corrected chi connectivity index (χ2v) is 8.64. The summed E-state index contributed by atoms with van der Waals surface area (Å²) < 4.78 is 6.89. The first-order valence-electron chi connectivity index (χ1n) is 9.08. The van der Waals surface area contributed by atoms with Gasteiger partial charge in [-0.05, 0) is 56.8 Å². The van der Waals surface area contributed by atoms with E-state index in [1.807, 2.05) is 25.6 Å². The van der Waals surface area contributed by atoms with Crippen LogP contribution in [-0.2, 0) is 31.2 Å². The molecule has 8 heteroatoms. The number of thiophene rings is 1. The van der Waals surface area contributed by atoms with Gasteiger partial charge in [0.2, 0.25) is 0 Å². The highest BCUT2D eigenvalue weighted by Gasteiger charge is 2.28. The summed E-state index contributed by atoms with van der Waals surface area (Å²) in [6.07, 6.45) is 3.00. The fourth-order valence-corrected chi connectivity index (χ4v) is 5.19. The first-order valence-corrected chi connectivity index (χ1v) is 10.3. The summed E-state index contributed by atoms with van der Waals surface area (Å²) in [5, 5.41) is 12.2. The Balaban J connectivity index is 1.76. The van der Waals surface area contributed by atoms with Gasteiger partial charge in [0, 0.05) is 29.7 Å². The number of hydrogen-bond donors (Lipinski definition) is 2. The number of aromatic nitrogens is 2. The van der Waals surface area contributed by atoms with Crippen molar-refractivity contribution in [2.75, 3.05) is 12.4 Å². The Hall–Kier alpha value is -1.93. The molecule has 1 atom stereocenters. The molecule has 1 aliphatic rings. The third-order valence-electron chi connectivity index (χ3n) is 5.21. The van der Waals surface area contributed by atoms with Gasteiger partial charge >= 0.3 is 5.97 Å². The third-order valence-corrected chi connectivity index (χ3v) is 6.63. The second kappa shape index (κ2) is 7.98. The third kappa shape index (κ3) is 4.01. The monoisotopic (exact) mass is 406 g/mol. The molecule has 1 aliphatic carbocycles. The van der Waals surface area contributed by atoms with Crippen LogP contribution in [0, 0.1) is 19.8 Å². The normalized spacial score (nSPS) is 16.0. The van der Waals surface area contributed by atoms with E-state index in [4.69, 9.17) is 17.0 Å². The summed E-state index contributed by atoms with van der Waals surface area (Å²) in [7, 11) is 3.36. The van der Waals surface area contributed by atoms with Gasteiger partial charge in [-0.1, -0.05) is 6.92 Å². The maximum Gasteiger partial charge on any atom is 0.341 e. The summed E-state index contributed by atoms with van der Waals surface area (Å²) in [6, 6.07) is 0. The number of anilines is 1. The van der Waals surface area contributed by atoms with Crippen LogP contribution in [0.25, 0.3) is 0 Å². The number of rotatable bonds is 4. The number of thiocarbonyl (C=S) groups is 1. The Morgan fingerprint density at radius 1 is 1.44 bits per heavy atom. The highest BCUT2D eigenvalue weighted by molar-refractivity contribution is 7.80. The van der Waals surface area contributed by atoms with Crippen molar-refractivity contribution in [1.82, 2.24) is 15.1 Å². The zero-order valence-corrected chi connectivity index (χ0v) is 18.1. The van der Waals surface area contributed by atoms with E-state index in [-0.39, 0.29) is 5.97 Å². The smallest absolute Gasteiger partial charge is 0.341 e. The molecule has 0 spiro atoms. The van der Waals surface area contributed by atoms with E-state index in [1.54, 1.807) is 11.3 Å². The predicted octanol–water partition coefficient (Wildman–Crippen LogP) is 3.50. The summed E-state index contributed by atoms with van der Waals surface area (Å²) >= 11 is 7.09. The molecule has 0 saturated heterocycles. The van der Waals surface area contributed by atoms with Gasteiger partial charge < -0.3 is 15.4 Å². The lowest BCUT2D eigenvalue weighted by Crippen LogP contribution is -2.28. The molecule has 0 fully saturated rings. The van der Waals surface area contributed by atoms with Crippen LogP contribution in [-0.4, -0.2) is 28.0 Å². The summed E-state index contributed by atoms with van der Waals surface area (Å²) in [5.74, 6) is 0.336. The van der Waals surface area contributed by atoms with E-state index in [0.717, 1.165) is 46.8 Å². The summed E-state index contributed by atoms with van der Waals surface area (Å²) in [5.41, 5.74) is 4.99. The largest absolute Gasteiger partial charge is 0.465 e. The lowest BCUT2D eigenvalue weighted by Gasteiger charge is -2.18. The molecule has 146 valence electrons. The van der Waals surface area contributed by atoms with Gasteiger partial charge in [-0.2, -0.15) is 5.10 Å². The first-order chi connectivity index (χ1) is 12.8. The molecular formula is C19H26N4O2S2. The average Bonchev–Trinajstić information content (AvgIpc) is 3.08. The fraction of sp³-hybridized carbons (Fsp3) is 0.526. The number of carbonyl (C=O) groups is 1. The van der Waals surface area contributed by atoms with Crippen LogP contribution in [0.2, 0.25) is 0 Å². The Morgan fingerprint density at radius 3 is 2.81 bits per heavy atom. The maximum absolute atomic E-state index is 12.4. The number of fused-ring (bicyclic) bond motifs is 1. The van der Waals surface area contributed by atoms with Crippen LogP contribution in [0.5, 0.6) is 0 Å². The molecule has 27 heavy (non-hydrogen) atoms. The number of esters is 1. The van der Waals surface area contributed by atoms with E-state index in [9.17, 15) is 4.79 Å². The quantitative estimate of drug-likeness (QED) is 0.598. The number of ether oxygens (including phenoxy) is 1. The number of nitrogens with one attached hydrogen (secondary N) is 2. The van der Waals surface area contributed by atoms with Crippen molar-refractivity contribution in [3.63, 3.8) is 0 Å². The standard InChI is InChI=1S/C19H26N4O2S2/c1-10-6-7-13-15(8-10)27-17(16(13)18(24)25-5)21-19(26)20-9-14-11(2)22-23(4)12(14)3/h10H,6-9H2,1-5H3,(H2,20,21,26). The van der Waals surface area contributed by atoms with Crippen molar-refractivity contribution < 1.29 is 9.53 Å². The molecule has 2 aromatic heterocycles. The SMILES string of the molecule is COC(=O)c1c(NC(=S)NCc2c(C)nn(C)c2C)sc2c1CCC(C)C2. The molecule has 2 N–H and O–H groups in total. The van der Waals surface area contributed by atoms with Crippen molar-refractivity contribution >= 4 is 39.6 Å². The van der Waals surface area contributed by atoms with E-state index >= 15 is 0 Å². The highest BCUT2D eigenvalue weighted by atomic mass is 32.1. The second-order valence-electron chi connectivity index (χ2n) is 7.13. The van der Waals surface area contributed by atoms with Gasteiger partial charge in [-0.15, -0.1) is 11.3 Å². The summed E-state index contributed by atoms with van der Waals surface area (Å²) in [6.45, 7) is 6.87. The summed E-state index contributed by atoms with van der Waals surface area (Å²) in [4.78, 5) is 13.6. The zero-order chi connectivity index (χ0) is 19.7. The minimum absolute atomic E-state index is 0.300. The van der Waals surface area contributed by atoms with E-state index in [1.165, 1.54) is 12.0 Å². The van der Waals surface area contributed by atoms with Crippen LogP contribution in [0.3, 0.4) is 0 Å². The first kappa shape index (κ1) is 19.8. The molecule has 0 aromatic carbocycles. The molecule has 0 radical (unpaired) electrons. The number of aryl methyl sites for hydroxylation is 2. The van der Waals surface area contributed by atoms with Gasteiger partial charge in [0.15, 0.2) is 5.11 Å². The van der Waals surface area contributed by atoms with Gasteiger partial charge in [0.05, 0.1) is 18.4 Å². The molecule has 1 unspecified atom stereocenters. The van der Waals surface area contributed by atoms with Crippen molar-refractivity contribution in [3.8, 4) is 0 Å². The molecular weight excluding hydrogens is 380 g/mol. The minimum Gasteiger partial charge on any atom is -0.465 e. The Kier molecular flexibility index (Phi) is 5.86. The van der Waals surface area contributed by atoms with E-state index in [0.29, 0.717) is 23.1 Å². The molecule has 0 amide bonds. The molecule has 0 bridgehead atoms. The number of methoxy groups -OCH3 is 1. The van der Waals surface area contributed by atoms with Crippen LogP contribution >= 0.6 is 23.6 Å².